The molecule has 2 rings (SSSR count). The van der Waals surface area contributed by atoms with Crippen LogP contribution in [0.3, 0.4) is 0 Å². The van der Waals surface area contributed by atoms with Gasteiger partial charge in [-0.1, -0.05) is 47.5 Å². The van der Waals surface area contributed by atoms with Crippen molar-refractivity contribution in [1.82, 2.24) is 5.32 Å². The molecule has 1 atom stereocenters. The minimum Gasteiger partial charge on any atom is -0.313 e. The van der Waals surface area contributed by atoms with Crippen LogP contribution in [-0.2, 0) is 6.42 Å². The van der Waals surface area contributed by atoms with Gasteiger partial charge in [0.05, 0.1) is 0 Å². The first-order valence-corrected chi connectivity index (χ1v) is 7.03. The monoisotopic (exact) mass is 293 g/mol. The van der Waals surface area contributed by atoms with Gasteiger partial charge in [0.1, 0.15) is 0 Å². The van der Waals surface area contributed by atoms with E-state index in [1.54, 1.807) is 0 Å². The zero-order valence-corrected chi connectivity index (χ0v) is 12.6. The fourth-order valence-electron chi connectivity index (χ4n) is 2.15. The molecule has 0 radical (unpaired) electrons. The largest absolute Gasteiger partial charge is 0.313 e. The molecule has 0 aliphatic heterocycles. The average Bonchev–Trinajstić information content (AvgIpc) is 2.38. The normalized spacial score (nSPS) is 12.4. The summed E-state index contributed by atoms with van der Waals surface area (Å²) in [5.41, 5.74) is 3.50. The first kappa shape index (κ1) is 14.4. The summed E-state index contributed by atoms with van der Waals surface area (Å²) in [7, 11) is 1.95. The van der Waals surface area contributed by atoms with Crippen LogP contribution >= 0.6 is 23.2 Å². The highest BCUT2D eigenvalue weighted by Gasteiger charge is 2.12. The first-order valence-electron chi connectivity index (χ1n) is 6.28. The molecule has 19 heavy (non-hydrogen) atoms. The van der Waals surface area contributed by atoms with Gasteiger partial charge in [-0.15, -0.1) is 0 Å². The fraction of sp³-hybridized carbons (Fsp3) is 0.250. The zero-order chi connectivity index (χ0) is 13.8. The van der Waals surface area contributed by atoms with E-state index in [1.807, 2.05) is 38.2 Å². The second-order valence-corrected chi connectivity index (χ2v) is 5.54. The molecule has 0 saturated carbocycles. The SMILES string of the molecule is CNC(Cc1ccc(C)cc1Cl)c1cccc(Cl)c1. The maximum absolute atomic E-state index is 6.30. The quantitative estimate of drug-likeness (QED) is 0.853. The lowest BCUT2D eigenvalue weighted by atomic mass is 9.98. The van der Waals surface area contributed by atoms with Crippen molar-refractivity contribution >= 4 is 23.2 Å². The Bertz CT molecular complexity index is 566. The van der Waals surface area contributed by atoms with Crippen LogP contribution in [0.1, 0.15) is 22.7 Å². The van der Waals surface area contributed by atoms with E-state index >= 15 is 0 Å². The van der Waals surface area contributed by atoms with Crippen molar-refractivity contribution in [1.29, 1.82) is 0 Å². The minimum absolute atomic E-state index is 0.207. The number of hydrogen-bond donors (Lipinski definition) is 1. The molecule has 0 aliphatic carbocycles. The van der Waals surface area contributed by atoms with Crippen LogP contribution < -0.4 is 5.32 Å². The lowest BCUT2D eigenvalue weighted by Crippen LogP contribution is -2.19. The van der Waals surface area contributed by atoms with Gasteiger partial charge in [-0.2, -0.15) is 0 Å². The maximum Gasteiger partial charge on any atom is 0.0441 e. The number of benzene rings is 2. The molecule has 2 aromatic rings. The lowest BCUT2D eigenvalue weighted by Gasteiger charge is -2.18. The Kier molecular flexibility index (Phi) is 4.87. The third-order valence-electron chi connectivity index (χ3n) is 3.23. The Morgan fingerprint density at radius 1 is 1.11 bits per heavy atom. The highest BCUT2D eigenvalue weighted by atomic mass is 35.5. The van der Waals surface area contributed by atoms with Gasteiger partial charge in [-0.25, -0.2) is 0 Å². The second-order valence-electron chi connectivity index (χ2n) is 4.70. The molecule has 0 aromatic heterocycles. The molecule has 0 bridgehead atoms. The molecule has 1 unspecified atom stereocenters. The summed E-state index contributed by atoms with van der Waals surface area (Å²) in [5, 5.41) is 4.90. The van der Waals surface area contributed by atoms with Gasteiger partial charge in [0, 0.05) is 16.1 Å². The molecule has 0 fully saturated rings. The molecular weight excluding hydrogens is 277 g/mol. The highest BCUT2D eigenvalue weighted by molar-refractivity contribution is 6.31. The Morgan fingerprint density at radius 2 is 1.89 bits per heavy atom. The van der Waals surface area contributed by atoms with Crippen LogP contribution in [0, 0.1) is 6.92 Å². The van der Waals surface area contributed by atoms with Gasteiger partial charge >= 0.3 is 0 Å². The topological polar surface area (TPSA) is 12.0 Å². The van der Waals surface area contributed by atoms with Crippen molar-refractivity contribution in [3.63, 3.8) is 0 Å². The van der Waals surface area contributed by atoms with E-state index in [1.165, 1.54) is 11.1 Å². The summed E-state index contributed by atoms with van der Waals surface area (Å²) < 4.78 is 0. The summed E-state index contributed by atoms with van der Waals surface area (Å²) >= 11 is 12.3. The standard InChI is InChI=1S/C16H17Cl2N/c1-11-6-7-12(15(18)8-11)10-16(19-2)13-4-3-5-14(17)9-13/h3-9,16,19H,10H2,1-2H3. The summed E-state index contributed by atoms with van der Waals surface area (Å²) in [6.07, 6.45) is 0.843. The zero-order valence-electron chi connectivity index (χ0n) is 11.1. The van der Waals surface area contributed by atoms with Crippen LogP contribution in [0.25, 0.3) is 0 Å². The molecule has 0 spiro atoms. The van der Waals surface area contributed by atoms with E-state index in [2.05, 4.69) is 23.5 Å². The van der Waals surface area contributed by atoms with Gasteiger partial charge in [0.25, 0.3) is 0 Å². The van der Waals surface area contributed by atoms with Crippen LogP contribution in [0.15, 0.2) is 42.5 Å². The van der Waals surface area contributed by atoms with Gasteiger partial charge < -0.3 is 5.32 Å². The summed E-state index contributed by atoms with van der Waals surface area (Å²) in [6, 6.07) is 14.3. The fourth-order valence-corrected chi connectivity index (χ4v) is 2.66. The molecule has 3 heteroatoms. The smallest absolute Gasteiger partial charge is 0.0441 e. The summed E-state index contributed by atoms with van der Waals surface area (Å²) in [5.74, 6) is 0. The Hall–Kier alpha value is -1.02. The maximum atomic E-state index is 6.30. The minimum atomic E-state index is 0.207. The van der Waals surface area contributed by atoms with Crippen LogP contribution in [0.5, 0.6) is 0 Å². The molecule has 1 N–H and O–H groups in total. The van der Waals surface area contributed by atoms with Crippen molar-refractivity contribution in [2.75, 3.05) is 7.05 Å². The van der Waals surface area contributed by atoms with Gasteiger partial charge in [-0.3, -0.25) is 0 Å². The van der Waals surface area contributed by atoms with Crippen molar-refractivity contribution in [3.05, 3.63) is 69.2 Å². The van der Waals surface area contributed by atoms with Gasteiger partial charge in [0.15, 0.2) is 0 Å². The van der Waals surface area contributed by atoms with E-state index in [-0.39, 0.29) is 6.04 Å². The number of hydrogen-bond acceptors (Lipinski definition) is 1. The third kappa shape index (κ3) is 3.73. The van der Waals surface area contributed by atoms with Crippen molar-refractivity contribution in [3.8, 4) is 0 Å². The predicted octanol–water partition coefficient (Wildman–Crippen LogP) is 4.81. The third-order valence-corrected chi connectivity index (χ3v) is 3.82. The molecule has 1 nitrogen and oxygen atoms in total. The molecular formula is C16H17Cl2N. The number of likely N-dealkylation sites (N-methyl/N-ethyl adjacent to an activating group) is 1. The van der Waals surface area contributed by atoms with E-state index in [9.17, 15) is 0 Å². The number of halogens is 2. The van der Waals surface area contributed by atoms with Crippen molar-refractivity contribution < 1.29 is 0 Å². The summed E-state index contributed by atoms with van der Waals surface area (Å²) in [4.78, 5) is 0. The van der Waals surface area contributed by atoms with Crippen LogP contribution in [0.2, 0.25) is 10.0 Å². The van der Waals surface area contributed by atoms with Crippen LogP contribution in [0.4, 0.5) is 0 Å². The van der Waals surface area contributed by atoms with E-state index < -0.39 is 0 Å². The van der Waals surface area contributed by atoms with Crippen molar-refractivity contribution in [2.24, 2.45) is 0 Å². The first-order chi connectivity index (χ1) is 9.10. The number of nitrogens with one attached hydrogen (secondary N) is 1. The molecule has 100 valence electrons. The highest BCUT2D eigenvalue weighted by Crippen LogP contribution is 2.25. The Balaban J connectivity index is 2.24. The van der Waals surface area contributed by atoms with E-state index in [4.69, 9.17) is 23.2 Å². The molecule has 2 aromatic carbocycles. The average molecular weight is 294 g/mol. The van der Waals surface area contributed by atoms with Gasteiger partial charge in [0.2, 0.25) is 0 Å². The molecule has 0 heterocycles. The van der Waals surface area contributed by atoms with Crippen LogP contribution in [-0.4, -0.2) is 7.05 Å². The van der Waals surface area contributed by atoms with E-state index in [0.717, 1.165) is 22.0 Å². The van der Waals surface area contributed by atoms with Crippen molar-refractivity contribution in [2.45, 2.75) is 19.4 Å². The number of aryl methyl sites for hydroxylation is 1. The predicted molar refractivity (Wildman–Crippen MR) is 83.1 cm³/mol. The Labute approximate surface area is 124 Å². The van der Waals surface area contributed by atoms with E-state index in [0.29, 0.717) is 0 Å². The molecule has 0 saturated heterocycles. The molecule has 0 amide bonds. The second kappa shape index (κ2) is 6.42. The van der Waals surface area contributed by atoms with Gasteiger partial charge in [-0.05, 0) is 55.3 Å². The Morgan fingerprint density at radius 3 is 2.53 bits per heavy atom. The lowest BCUT2D eigenvalue weighted by molar-refractivity contribution is 0.592. The molecule has 0 aliphatic rings. The summed E-state index contributed by atoms with van der Waals surface area (Å²) in [6.45, 7) is 2.04. The number of rotatable bonds is 4.